The van der Waals surface area contributed by atoms with E-state index in [4.69, 9.17) is 10.2 Å². The Hall–Kier alpha value is -1.83. The molecule has 0 atom stereocenters. The Morgan fingerprint density at radius 2 is 2.11 bits per heavy atom. The minimum atomic E-state index is -0.356. The SMILES string of the molecule is Nc1ccccc1C(=O)N/N=C/c1ccc(I)o1. The number of hydrogen-bond acceptors (Lipinski definition) is 4. The molecule has 1 aromatic heterocycles. The van der Waals surface area contributed by atoms with Gasteiger partial charge >= 0.3 is 0 Å². The highest BCUT2D eigenvalue weighted by molar-refractivity contribution is 14.1. The van der Waals surface area contributed by atoms with Gasteiger partial charge in [0.1, 0.15) is 5.76 Å². The smallest absolute Gasteiger partial charge is 0.273 e. The van der Waals surface area contributed by atoms with Crippen molar-refractivity contribution in [3.63, 3.8) is 0 Å². The van der Waals surface area contributed by atoms with E-state index in [0.29, 0.717) is 17.0 Å². The average Bonchev–Trinajstić information content (AvgIpc) is 2.75. The molecule has 18 heavy (non-hydrogen) atoms. The summed E-state index contributed by atoms with van der Waals surface area (Å²) in [7, 11) is 0. The largest absolute Gasteiger partial charge is 0.449 e. The van der Waals surface area contributed by atoms with Crippen molar-refractivity contribution in [1.29, 1.82) is 0 Å². The van der Waals surface area contributed by atoms with Crippen molar-refractivity contribution >= 4 is 40.4 Å². The third-order valence-electron chi connectivity index (χ3n) is 2.16. The van der Waals surface area contributed by atoms with Crippen molar-refractivity contribution in [2.24, 2.45) is 5.10 Å². The van der Waals surface area contributed by atoms with Gasteiger partial charge in [-0.15, -0.1) is 0 Å². The Kier molecular flexibility index (Phi) is 3.98. The fraction of sp³-hybridized carbons (Fsp3) is 0. The van der Waals surface area contributed by atoms with E-state index in [1.807, 2.05) is 22.6 Å². The zero-order valence-corrected chi connectivity index (χ0v) is 11.4. The van der Waals surface area contributed by atoms with E-state index in [2.05, 4.69) is 10.5 Å². The summed E-state index contributed by atoms with van der Waals surface area (Å²) in [6.45, 7) is 0. The summed E-state index contributed by atoms with van der Waals surface area (Å²) in [5.41, 5.74) is 8.87. The number of carbonyl (C=O) groups is 1. The molecule has 6 heteroatoms. The van der Waals surface area contributed by atoms with Crippen LogP contribution in [-0.2, 0) is 0 Å². The first-order chi connectivity index (χ1) is 8.66. The number of carbonyl (C=O) groups excluding carboxylic acids is 1. The molecule has 1 heterocycles. The van der Waals surface area contributed by atoms with E-state index < -0.39 is 0 Å². The lowest BCUT2D eigenvalue weighted by Gasteiger charge is -2.02. The first-order valence-electron chi connectivity index (χ1n) is 5.10. The molecule has 0 unspecified atom stereocenters. The molecular formula is C12H10IN3O2. The van der Waals surface area contributed by atoms with Gasteiger partial charge in [0, 0.05) is 5.69 Å². The number of amides is 1. The van der Waals surface area contributed by atoms with E-state index in [0.717, 1.165) is 3.77 Å². The third kappa shape index (κ3) is 3.10. The lowest BCUT2D eigenvalue weighted by molar-refractivity contribution is 0.0956. The number of hydrogen-bond donors (Lipinski definition) is 2. The van der Waals surface area contributed by atoms with Gasteiger partial charge in [0.15, 0.2) is 3.77 Å². The molecule has 2 rings (SSSR count). The highest BCUT2D eigenvalue weighted by Crippen LogP contribution is 2.10. The predicted molar refractivity (Wildman–Crippen MR) is 77.3 cm³/mol. The normalized spacial score (nSPS) is 10.7. The van der Waals surface area contributed by atoms with Gasteiger partial charge in [0.05, 0.1) is 11.8 Å². The van der Waals surface area contributed by atoms with Crippen LogP contribution < -0.4 is 11.2 Å². The summed E-state index contributed by atoms with van der Waals surface area (Å²) >= 11 is 2.05. The summed E-state index contributed by atoms with van der Waals surface area (Å²) in [6, 6.07) is 10.4. The van der Waals surface area contributed by atoms with Crippen molar-refractivity contribution in [2.45, 2.75) is 0 Å². The maximum absolute atomic E-state index is 11.7. The number of hydrazone groups is 1. The molecule has 0 radical (unpaired) electrons. The van der Waals surface area contributed by atoms with Crippen LogP contribution >= 0.6 is 22.6 Å². The summed E-state index contributed by atoms with van der Waals surface area (Å²) < 4.78 is 6.01. The standard InChI is InChI=1S/C12H10IN3O2/c13-11-6-5-8(18-11)7-15-16-12(17)9-3-1-2-4-10(9)14/h1-7H,14H2,(H,16,17)/b15-7+. The maximum Gasteiger partial charge on any atom is 0.273 e. The van der Waals surface area contributed by atoms with Crippen LogP contribution in [0.25, 0.3) is 0 Å². The molecule has 0 aliphatic carbocycles. The molecular weight excluding hydrogens is 345 g/mol. The number of nitrogens with zero attached hydrogens (tertiary/aromatic N) is 1. The second kappa shape index (κ2) is 5.67. The zero-order valence-electron chi connectivity index (χ0n) is 9.26. The molecule has 3 N–H and O–H groups in total. The van der Waals surface area contributed by atoms with Gasteiger partial charge < -0.3 is 10.2 Å². The minimum Gasteiger partial charge on any atom is -0.449 e. The maximum atomic E-state index is 11.7. The Balaban J connectivity index is 2.01. The van der Waals surface area contributed by atoms with E-state index in [-0.39, 0.29) is 5.91 Å². The summed E-state index contributed by atoms with van der Waals surface area (Å²) in [5.74, 6) is 0.214. The molecule has 0 aliphatic heterocycles. The summed E-state index contributed by atoms with van der Waals surface area (Å²) in [5, 5.41) is 3.80. The number of para-hydroxylation sites is 1. The van der Waals surface area contributed by atoms with Crippen molar-refractivity contribution in [3.8, 4) is 0 Å². The fourth-order valence-corrected chi connectivity index (χ4v) is 1.75. The van der Waals surface area contributed by atoms with Gasteiger partial charge in [0.25, 0.3) is 5.91 Å². The van der Waals surface area contributed by atoms with Gasteiger partial charge in [-0.25, -0.2) is 5.43 Å². The number of halogens is 1. The first-order valence-corrected chi connectivity index (χ1v) is 6.18. The van der Waals surface area contributed by atoms with Crippen molar-refractivity contribution in [1.82, 2.24) is 5.43 Å². The predicted octanol–water partition coefficient (Wildman–Crippen LogP) is 2.23. The van der Waals surface area contributed by atoms with E-state index in [1.165, 1.54) is 6.21 Å². The Bertz CT molecular complexity index is 593. The van der Waals surface area contributed by atoms with Gasteiger partial charge in [-0.05, 0) is 46.9 Å². The molecule has 2 aromatic rings. The molecule has 1 amide bonds. The number of nitrogens with one attached hydrogen (secondary N) is 1. The zero-order chi connectivity index (χ0) is 13.0. The van der Waals surface area contributed by atoms with Crippen molar-refractivity contribution in [3.05, 3.63) is 51.5 Å². The molecule has 92 valence electrons. The van der Waals surface area contributed by atoms with Crippen LogP contribution in [0.4, 0.5) is 5.69 Å². The van der Waals surface area contributed by atoms with E-state index in [9.17, 15) is 4.79 Å². The molecule has 0 aliphatic rings. The summed E-state index contributed by atoms with van der Waals surface area (Å²) in [4.78, 5) is 11.7. The number of rotatable bonds is 3. The van der Waals surface area contributed by atoms with E-state index in [1.54, 1.807) is 36.4 Å². The topological polar surface area (TPSA) is 80.6 Å². The van der Waals surface area contributed by atoms with Crippen LogP contribution in [-0.4, -0.2) is 12.1 Å². The molecule has 1 aromatic carbocycles. The van der Waals surface area contributed by atoms with Crippen molar-refractivity contribution in [2.75, 3.05) is 5.73 Å². The molecule has 0 fully saturated rings. The summed E-state index contributed by atoms with van der Waals surface area (Å²) in [6.07, 6.45) is 1.43. The van der Waals surface area contributed by atoms with Crippen LogP contribution in [0.2, 0.25) is 0 Å². The monoisotopic (exact) mass is 355 g/mol. The lowest BCUT2D eigenvalue weighted by Crippen LogP contribution is -2.18. The van der Waals surface area contributed by atoms with E-state index >= 15 is 0 Å². The fourth-order valence-electron chi connectivity index (χ4n) is 1.32. The highest BCUT2D eigenvalue weighted by atomic mass is 127. The number of anilines is 1. The molecule has 0 spiro atoms. The van der Waals surface area contributed by atoms with Crippen molar-refractivity contribution < 1.29 is 9.21 Å². The molecule has 0 saturated carbocycles. The Morgan fingerprint density at radius 3 is 2.78 bits per heavy atom. The lowest BCUT2D eigenvalue weighted by atomic mass is 10.2. The van der Waals surface area contributed by atoms with Crippen LogP contribution in [0.1, 0.15) is 16.1 Å². The van der Waals surface area contributed by atoms with Gasteiger partial charge in [0.2, 0.25) is 0 Å². The quantitative estimate of drug-likeness (QED) is 0.384. The van der Waals surface area contributed by atoms with Crippen LogP contribution in [0.5, 0.6) is 0 Å². The number of nitrogen functional groups attached to an aromatic ring is 1. The molecule has 5 nitrogen and oxygen atoms in total. The number of nitrogens with two attached hydrogens (primary N) is 1. The van der Waals surface area contributed by atoms with Crippen LogP contribution in [0.3, 0.4) is 0 Å². The average molecular weight is 355 g/mol. The highest BCUT2D eigenvalue weighted by Gasteiger charge is 2.06. The minimum absolute atomic E-state index is 0.356. The van der Waals surface area contributed by atoms with Gasteiger partial charge in [-0.3, -0.25) is 4.79 Å². The van der Waals surface area contributed by atoms with Gasteiger partial charge in [-0.2, -0.15) is 5.10 Å². The van der Waals surface area contributed by atoms with Gasteiger partial charge in [-0.1, -0.05) is 12.1 Å². The second-order valence-electron chi connectivity index (χ2n) is 3.43. The number of benzene rings is 1. The first kappa shape index (κ1) is 12.6. The molecule has 0 bridgehead atoms. The Labute approximate surface area is 117 Å². The Morgan fingerprint density at radius 1 is 1.33 bits per heavy atom. The van der Waals surface area contributed by atoms with Crippen LogP contribution in [0, 0.1) is 3.77 Å². The second-order valence-corrected chi connectivity index (χ2v) is 4.49. The molecule has 0 saturated heterocycles. The third-order valence-corrected chi connectivity index (χ3v) is 2.74. The number of furan rings is 1. The van der Waals surface area contributed by atoms with Crippen LogP contribution in [0.15, 0.2) is 45.9 Å².